The number of esters is 1. The molecule has 5 rings (SSSR count). The highest BCUT2D eigenvalue weighted by atomic mass is 16.5. The molecule has 0 aliphatic heterocycles. The van der Waals surface area contributed by atoms with Crippen molar-refractivity contribution in [3.8, 4) is 11.3 Å². The second kappa shape index (κ2) is 8.60. The number of nitrogens with zero attached hydrogens (tertiary/aromatic N) is 1. The molecule has 34 heavy (non-hydrogen) atoms. The van der Waals surface area contributed by atoms with E-state index in [4.69, 9.17) is 4.74 Å². The Kier molecular flexibility index (Phi) is 5.46. The summed E-state index contributed by atoms with van der Waals surface area (Å²) >= 11 is 0. The number of aromatic nitrogens is 1. The van der Waals surface area contributed by atoms with Gasteiger partial charge in [0.2, 0.25) is 5.78 Å². The summed E-state index contributed by atoms with van der Waals surface area (Å²) in [5.74, 6) is -1.22. The van der Waals surface area contributed by atoms with Gasteiger partial charge in [-0.05, 0) is 25.0 Å². The first-order valence-corrected chi connectivity index (χ1v) is 11.2. The molecule has 0 unspecified atom stereocenters. The topological polar surface area (TPSA) is 65.4 Å². The van der Waals surface area contributed by atoms with Crippen LogP contribution >= 0.6 is 0 Å². The van der Waals surface area contributed by atoms with E-state index in [1.54, 1.807) is 35.8 Å². The van der Waals surface area contributed by atoms with Crippen molar-refractivity contribution in [1.29, 1.82) is 0 Å². The van der Waals surface area contributed by atoms with Crippen LogP contribution in [-0.4, -0.2) is 28.7 Å². The van der Waals surface area contributed by atoms with Gasteiger partial charge in [-0.25, -0.2) is 4.79 Å². The summed E-state index contributed by atoms with van der Waals surface area (Å²) in [5.41, 5.74) is 4.46. The molecule has 0 saturated heterocycles. The van der Waals surface area contributed by atoms with Gasteiger partial charge in [-0.3, -0.25) is 9.59 Å². The number of aryl methyl sites for hydroxylation is 1. The van der Waals surface area contributed by atoms with Crippen LogP contribution in [0.5, 0.6) is 0 Å². The lowest BCUT2D eigenvalue weighted by Crippen LogP contribution is -2.24. The van der Waals surface area contributed by atoms with Crippen molar-refractivity contribution in [3.05, 3.63) is 118 Å². The first-order valence-electron chi connectivity index (χ1n) is 11.2. The number of carbonyl (C=O) groups excluding carboxylic acids is 3. The number of carbonyl (C=O) groups is 3. The summed E-state index contributed by atoms with van der Waals surface area (Å²) in [6, 6.07) is 24.1. The minimum Gasteiger partial charge on any atom is -0.462 e. The van der Waals surface area contributed by atoms with Crippen LogP contribution in [0.1, 0.15) is 60.4 Å². The van der Waals surface area contributed by atoms with Gasteiger partial charge >= 0.3 is 5.97 Å². The number of ketones is 2. The van der Waals surface area contributed by atoms with Crippen LogP contribution in [0.3, 0.4) is 0 Å². The van der Waals surface area contributed by atoms with E-state index in [1.165, 1.54) is 0 Å². The minimum atomic E-state index is -0.610. The number of rotatable bonds is 5. The fourth-order valence-electron chi connectivity index (χ4n) is 4.55. The lowest BCUT2D eigenvalue weighted by atomic mass is 9.86. The third kappa shape index (κ3) is 3.46. The molecule has 0 N–H and O–H groups in total. The second-order valence-corrected chi connectivity index (χ2v) is 8.31. The Labute approximate surface area is 197 Å². The smallest absolute Gasteiger partial charge is 0.341 e. The molecule has 0 saturated carbocycles. The second-order valence-electron chi connectivity index (χ2n) is 8.31. The standard InChI is InChI=1S/C29H23NO4/c1-3-34-29(33)24-23-26(28(32)22-12-8-7-11-21(22)27(23)31)30(17-19-15-13-18(2)14-16-19)25(24)20-9-5-4-6-10-20/h4-16H,3,17H2,1-2H3. The van der Waals surface area contributed by atoms with E-state index in [0.717, 1.165) is 16.7 Å². The monoisotopic (exact) mass is 449 g/mol. The van der Waals surface area contributed by atoms with Crippen molar-refractivity contribution in [2.75, 3.05) is 6.61 Å². The quantitative estimate of drug-likeness (QED) is 0.334. The van der Waals surface area contributed by atoms with Crippen LogP contribution in [-0.2, 0) is 11.3 Å². The Balaban J connectivity index is 1.85. The van der Waals surface area contributed by atoms with Crippen molar-refractivity contribution >= 4 is 17.5 Å². The van der Waals surface area contributed by atoms with Crippen molar-refractivity contribution in [2.45, 2.75) is 20.4 Å². The average molecular weight is 450 g/mol. The maximum absolute atomic E-state index is 13.8. The van der Waals surface area contributed by atoms with Gasteiger partial charge in [0, 0.05) is 17.7 Å². The Morgan fingerprint density at radius 3 is 2.06 bits per heavy atom. The Morgan fingerprint density at radius 2 is 1.41 bits per heavy atom. The molecule has 4 aromatic rings. The van der Waals surface area contributed by atoms with Crippen molar-refractivity contribution in [3.63, 3.8) is 0 Å². The van der Waals surface area contributed by atoms with Gasteiger partial charge in [-0.1, -0.05) is 84.4 Å². The highest BCUT2D eigenvalue weighted by Crippen LogP contribution is 2.39. The zero-order valence-electron chi connectivity index (χ0n) is 19.0. The van der Waals surface area contributed by atoms with Gasteiger partial charge < -0.3 is 9.30 Å². The molecule has 168 valence electrons. The number of ether oxygens (including phenoxy) is 1. The molecule has 0 spiro atoms. The average Bonchev–Trinajstić information content (AvgIpc) is 3.20. The molecule has 0 atom stereocenters. The summed E-state index contributed by atoms with van der Waals surface area (Å²) in [7, 11) is 0. The Hall–Kier alpha value is -4.25. The number of fused-ring (bicyclic) bond motifs is 2. The molecule has 5 heteroatoms. The maximum atomic E-state index is 13.8. The van der Waals surface area contributed by atoms with Crippen molar-refractivity contribution in [2.24, 2.45) is 0 Å². The molecule has 1 heterocycles. The van der Waals surface area contributed by atoms with E-state index in [9.17, 15) is 14.4 Å². The van der Waals surface area contributed by atoms with Crippen LogP contribution in [0.2, 0.25) is 0 Å². The third-order valence-corrected chi connectivity index (χ3v) is 6.11. The molecule has 0 radical (unpaired) electrons. The summed E-state index contributed by atoms with van der Waals surface area (Å²) in [6.07, 6.45) is 0. The van der Waals surface area contributed by atoms with Crippen LogP contribution in [0, 0.1) is 6.92 Å². The maximum Gasteiger partial charge on any atom is 0.341 e. The molecular weight excluding hydrogens is 426 g/mol. The fraction of sp³-hybridized carbons (Fsp3) is 0.138. The molecule has 5 nitrogen and oxygen atoms in total. The molecule has 1 aromatic heterocycles. The van der Waals surface area contributed by atoms with Crippen molar-refractivity contribution < 1.29 is 19.1 Å². The normalized spacial score (nSPS) is 12.3. The zero-order valence-corrected chi connectivity index (χ0v) is 19.0. The summed E-state index contributed by atoms with van der Waals surface area (Å²) in [5, 5.41) is 0. The summed E-state index contributed by atoms with van der Waals surface area (Å²) in [6.45, 7) is 4.21. The first-order chi connectivity index (χ1) is 16.5. The van der Waals surface area contributed by atoms with Crippen LogP contribution in [0.4, 0.5) is 0 Å². The van der Waals surface area contributed by atoms with E-state index in [0.29, 0.717) is 23.4 Å². The molecule has 3 aromatic carbocycles. The van der Waals surface area contributed by atoms with Gasteiger partial charge in [0.25, 0.3) is 0 Å². The third-order valence-electron chi connectivity index (χ3n) is 6.11. The lowest BCUT2D eigenvalue weighted by Gasteiger charge is -2.18. The molecule has 0 bridgehead atoms. The fourth-order valence-corrected chi connectivity index (χ4v) is 4.55. The molecule has 1 aliphatic carbocycles. The van der Waals surface area contributed by atoms with Gasteiger partial charge in [-0.2, -0.15) is 0 Å². The van der Waals surface area contributed by atoms with Crippen LogP contribution in [0.25, 0.3) is 11.3 Å². The predicted octanol–water partition coefficient (Wildman–Crippen LogP) is 5.46. The molecule has 1 aliphatic rings. The Morgan fingerprint density at radius 1 is 0.794 bits per heavy atom. The van der Waals surface area contributed by atoms with E-state index in [2.05, 4.69) is 0 Å². The molecular formula is C29H23NO4. The number of hydrogen-bond acceptors (Lipinski definition) is 4. The minimum absolute atomic E-state index is 0.119. The van der Waals surface area contributed by atoms with E-state index < -0.39 is 5.97 Å². The highest BCUT2D eigenvalue weighted by Gasteiger charge is 2.40. The van der Waals surface area contributed by atoms with E-state index in [1.807, 2.05) is 61.5 Å². The zero-order chi connectivity index (χ0) is 23.8. The van der Waals surface area contributed by atoms with Gasteiger partial charge in [0.15, 0.2) is 5.78 Å². The van der Waals surface area contributed by atoms with E-state index >= 15 is 0 Å². The molecule has 0 fully saturated rings. The SMILES string of the molecule is CCOC(=O)c1c2c(n(Cc3ccc(C)cc3)c1-c1ccccc1)C(=O)c1ccccc1C2=O. The number of benzene rings is 3. The van der Waals surface area contributed by atoms with Gasteiger partial charge in [0.1, 0.15) is 5.69 Å². The predicted molar refractivity (Wildman–Crippen MR) is 129 cm³/mol. The van der Waals surface area contributed by atoms with E-state index in [-0.39, 0.29) is 35.0 Å². The Bertz CT molecular complexity index is 1430. The van der Waals surface area contributed by atoms with Crippen LogP contribution in [0.15, 0.2) is 78.9 Å². The first kappa shape index (κ1) is 21.6. The molecule has 0 amide bonds. The largest absolute Gasteiger partial charge is 0.462 e. The summed E-state index contributed by atoms with van der Waals surface area (Å²) in [4.78, 5) is 40.8. The summed E-state index contributed by atoms with van der Waals surface area (Å²) < 4.78 is 7.19. The van der Waals surface area contributed by atoms with Crippen molar-refractivity contribution in [1.82, 2.24) is 4.57 Å². The highest BCUT2D eigenvalue weighted by molar-refractivity contribution is 6.31. The van der Waals surface area contributed by atoms with Gasteiger partial charge in [0.05, 0.1) is 23.4 Å². The van der Waals surface area contributed by atoms with Gasteiger partial charge in [-0.15, -0.1) is 0 Å². The number of hydrogen-bond donors (Lipinski definition) is 0. The lowest BCUT2D eigenvalue weighted by molar-refractivity contribution is 0.0524. The van der Waals surface area contributed by atoms with Crippen LogP contribution < -0.4 is 0 Å².